The number of hydrogen-bond donors (Lipinski definition) is 4. The Bertz CT molecular complexity index is 2190. The highest BCUT2D eigenvalue weighted by Gasteiger charge is 2.45. The number of hydrogen-bond acceptors (Lipinski definition) is 10. The number of aromatic hydroxyl groups is 4. The number of phenols is 4. The third kappa shape index (κ3) is 6.35. The van der Waals surface area contributed by atoms with Crippen molar-refractivity contribution in [1.82, 2.24) is 0 Å². The highest BCUT2D eigenvalue weighted by Crippen LogP contribution is 2.51. The van der Waals surface area contributed by atoms with Crippen molar-refractivity contribution < 1.29 is 39.6 Å². The molecule has 54 heavy (non-hydrogen) atoms. The van der Waals surface area contributed by atoms with Crippen molar-refractivity contribution in [1.29, 1.82) is 0 Å². The zero-order valence-corrected chi connectivity index (χ0v) is 33.1. The molecule has 4 aromatic rings. The van der Waals surface area contributed by atoms with Crippen LogP contribution in [0.1, 0.15) is 128 Å². The second-order valence-electron chi connectivity index (χ2n) is 14.5. The van der Waals surface area contributed by atoms with E-state index in [1.165, 1.54) is 37.4 Å². The molecule has 0 unspecified atom stereocenters. The van der Waals surface area contributed by atoms with E-state index in [1.807, 2.05) is 62.4 Å². The van der Waals surface area contributed by atoms with Crippen LogP contribution < -0.4 is 0 Å². The van der Waals surface area contributed by atoms with Gasteiger partial charge in [-0.15, -0.1) is 23.5 Å². The first-order chi connectivity index (χ1) is 25.5. The third-order valence-corrected chi connectivity index (χ3v) is 12.3. The molecule has 0 aromatic heterocycles. The molecule has 6 rings (SSSR count). The van der Waals surface area contributed by atoms with Crippen LogP contribution in [0.4, 0.5) is 0 Å². The predicted octanol–water partition coefficient (Wildman–Crippen LogP) is 10.0. The lowest BCUT2D eigenvalue weighted by molar-refractivity contribution is 0.0950. The van der Waals surface area contributed by atoms with E-state index in [1.54, 1.807) is 27.7 Å². The summed E-state index contributed by atoms with van der Waals surface area (Å²) in [7, 11) is 0. The van der Waals surface area contributed by atoms with E-state index in [9.17, 15) is 30.0 Å². The summed E-state index contributed by atoms with van der Waals surface area (Å²) < 4.78 is 0. The molecule has 8 nitrogen and oxygen atoms in total. The standard InChI is InChI=1S/C44H42O8S2/c1-19(2)29-35-33(27(39(47)43(29)51)17-53-25-13-9-21(5)10-14-25)41(49)31(23(7)37(35)45)32-24(8)38(46)36-30(20(3)4)44(52)40(48)28(34(36)42(32)50)18-54-26-15-11-22(6)12-16-26/h9-16,19-20,47-48,51-52H,17-18H2,1-8H3. The summed E-state index contributed by atoms with van der Waals surface area (Å²) in [5, 5.41) is 45.5. The van der Waals surface area contributed by atoms with Crippen molar-refractivity contribution in [2.24, 2.45) is 0 Å². The largest absolute Gasteiger partial charge is 0.504 e. The molecule has 0 amide bonds. The molecule has 0 saturated heterocycles. The first kappa shape index (κ1) is 38.7. The van der Waals surface area contributed by atoms with E-state index in [2.05, 4.69) is 0 Å². The minimum Gasteiger partial charge on any atom is -0.504 e. The molecule has 0 heterocycles. The number of ketones is 4. The molecule has 0 bridgehead atoms. The van der Waals surface area contributed by atoms with E-state index >= 15 is 9.59 Å². The van der Waals surface area contributed by atoms with Gasteiger partial charge in [0.2, 0.25) is 0 Å². The van der Waals surface area contributed by atoms with Crippen LogP contribution >= 0.6 is 23.5 Å². The molecule has 0 aliphatic heterocycles. The monoisotopic (exact) mass is 762 g/mol. The number of fused-ring (bicyclic) bond motifs is 2. The van der Waals surface area contributed by atoms with E-state index < -0.39 is 58.0 Å². The number of aryl methyl sites for hydroxylation is 2. The first-order valence-corrected chi connectivity index (χ1v) is 19.7. The second kappa shape index (κ2) is 14.6. The fourth-order valence-corrected chi connectivity index (χ4v) is 9.18. The zero-order chi connectivity index (χ0) is 39.5. The fraction of sp³-hybridized carbons (Fsp3) is 0.273. The molecular formula is C44H42O8S2. The summed E-state index contributed by atoms with van der Waals surface area (Å²) in [4.78, 5) is 60.7. The van der Waals surface area contributed by atoms with Crippen LogP contribution in [0.25, 0.3) is 0 Å². The quantitative estimate of drug-likeness (QED) is 0.0959. The number of benzene rings is 4. The average Bonchev–Trinajstić information content (AvgIpc) is 3.12. The highest BCUT2D eigenvalue weighted by atomic mass is 32.2. The number of rotatable bonds is 9. The number of phenolic OH excluding ortho intramolecular Hbond substituents is 4. The van der Waals surface area contributed by atoms with Gasteiger partial charge in [0.05, 0.1) is 0 Å². The van der Waals surface area contributed by atoms with Crippen LogP contribution in [-0.4, -0.2) is 43.6 Å². The molecular weight excluding hydrogens is 721 g/mol. The van der Waals surface area contributed by atoms with E-state index in [-0.39, 0.29) is 78.3 Å². The van der Waals surface area contributed by atoms with Gasteiger partial charge in [-0.05, 0) is 63.8 Å². The van der Waals surface area contributed by atoms with Crippen LogP contribution in [0, 0.1) is 13.8 Å². The zero-order valence-electron chi connectivity index (χ0n) is 31.4. The molecule has 0 fully saturated rings. The number of carbonyl (C=O) groups excluding carboxylic acids is 4. The van der Waals surface area contributed by atoms with Crippen molar-refractivity contribution in [2.45, 2.75) is 88.5 Å². The van der Waals surface area contributed by atoms with E-state index in [0.29, 0.717) is 0 Å². The first-order valence-electron chi connectivity index (χ1n) is 17.7. The summed E-state index contributed by atoms with van der Waals surface area (Å²) >= 11 is 2.60. The summed E-state index contributed by atoms with van der Waals surface area (Å²) in [5.41, 5.74) is 1.33. The van der Waals surface area contributed by atoms with Crippen molar-refractivity contribution >= 4 is 46.7 Å². The maximum atomic E-state index is 15.0. The topological polar surface area (TPSA) is 149 Å². The molecule has 0 atom stereocenters. The lowest BCUT2D eigenvalue weighted by Crippen LogP contribution is -2.32. The van der Waals surface area contributed by atoms with Crippen LogP contribution in [0.5, 0.6) is 23.0 Å². The van der Waals surface area contributed by atoms with Gasteiger partial charge in [-0.3, -0.25) is 19.2 Å². The van der Waals surface area contributed by atoms with Gasteiger partial charge in [-0.1, -0.05) is 63.1 Å². The normalized spacial score (nSPS) is 14.5. The van der Waals surface area contributed by atoms with Gasteiger partial charge in [0, 0.05) is 88.1 Å². The van der Waals surface area contributed by atoms with Gasteiger partial charge in [0.1, 0.15) is 0 Å². The van der Waals surface area contributed by atoms with Gasteiger partial charge < -0.3 is 20.4 Å². The summed E-state index contributed by atoms with van der Waals surface area (Å²) in [5.74, 6) is -5.66. The SMILES string of the molecule is CC1=C(C2=C(C)C(=O)c3c(c(CSc4ccc(C)cc4)c(O)c(O)c3C(C)C)C2=O)C(=O)c2c(CSc3ccc(C)cc3)c(O)c(O)c(C(C)C)c2C1=O. The van der Waals surface area contributed by atoms with Crippen molar-refractivity contribution in [3.05, 3.63) is 126 Å². The minimum atomic E-state index is -0.736. The van der Waals surface area contributed by atoms with Crippen LogP contribution in [0.2, 0.25) is 0 Å². The Balaban J connectivity index is 1.56. The number of allylic oxidation sites excluding steroid dienone is 4. The molecule has 2 aliphatic rings. The average molecular weight is 763 g/mol. The Morgan fingerprint density at radius 3 is 1.07 bits per heavy atom. The molecule has 10 heteroatoms. The second-order valence-corrected chi connectivity index (χ2v) is 16.6. The van der Waals surface area contributed by atoms with Crippen molar-refractivity contribution in [3.8, 4) is 23.0 Å². The smallest absolute Gasteiger partial charge is 0.195 e. The molecule has 0 spiro atoms. The van der Waals surface area contributed by atoms with Gasteiger partial charge >= 0.3 is 0 Å². The fourth-order valence-electron chi connectivity index (χ4n) is 7.34. The summed E-state index contributed by atoms with van der Waals surface area (Å²) in [6.07, 6.45) is 0. The van der Waals surface area contributed by atoms with Gasteiger partial charge in [0.25, 0.3) is 0 Å². The number of Topliss-reactive ketones (excluding diaryl/α,β-unsaturated/α-hetero) is 4. The molecule has 4 N–H and O–H groups in total. The maximum Gasteiger partial charge on any atom is 0.195 e. The Labute approximate surface area is 323 Å². The lowest BCUT2D eigenvalue weighted by Gasteiger charge is -2.31. The molecule has 0 radical (unpaired) electrons. The van der Waals surface area contributed by atoms with Crippen molar-refractivity contribution in [2.75, 3.05) is 0 Å². The van der Waals surface area contributed by atoms with Crippen LogP contribution in [0.3, 0.4) is 0 Å². The van der Waals surface area contributed by atoms with Crippen LogP contribution in [0.15, 0.2) is 80.6 Å². The molecule has 4 aromatic carbocycles. The number of thioether (sulfide) groups is 2. The van der Waals surface area contributed by atoms with E-state index in [4.69, 9.17) is 0 Å². The number of carbonyl (C=O) groups is 4. The molecule has 2 aliphatic carbocycles. The van der Waals surface area contributed by atoms with Gasteiger partial charge in [-0.25, -0.2) is 0 Å². The van der Waals surface area contributed by atoms with Crippen molar-refractivity contribution in [3.63, 3.8) is 0 Å². The van der Waals surface area contributed by atoms with Gasteiger partial charge in [0.15, 0.2) is 46.1 Å². The van der Waals surface area contributed by atoms with Crippen LogP contribution in [-0.2, 0) is 11.5 Å². The summed E-state index contributed by atoms with van der Waals surface area (Å²) in [6.45, 7) is 13.7. The Morgan fingerprint density at radius 1 is 0.463 bits per heavy atom. The predicted molar refractivity (Wildman–Crippen MR) is 212 cm³/mol. The van der Waals surface area contributed by atoms with E-state index in [0.717, 1.165) is 20.9 Å². The Hall–Kier alpha value is -5.06. The minimum absolute atomic E-state index is 0.00747. The Morgan fingerprint density at radius 2 is 0.778 bits per heavy atom. The molecule has 278 valence electrons. The summed E-state index contributed by atoms with van der Waals surface area (Å²) in [6, 6.07) is 15.2. The lowest BCUT2D eigenvalue weighted by atomic mass is 9.70. The Kier molecular flexibility index (Phi) is 10.5. The maximum absolute atomic E-state index is 15.0. The molecule has 0 saturated carbocycles. The van der Waals surface area contributed by atoms with Gasteiger partial charge in [-0.2, -0.15) is 0 Å². The highest BCUT2D eigenvalue weighted by molar-refractivity contribution is 7.98. The third-order valence-electron chi connectivity index (χ3n) is 10.2.